The SMILES string of the molecule is NC(=O)CCCCCn1c(SCc2nnc(-c3ccccc3)o2)nc2ccccc2c1=O. The minimum atomic E-state index is -0.305. The minimum Gasteiger partial charge on any atom is -0.420 e. The molecule has 0 bridgehead atoms. The summed E-state index contributed by atoms with van der Waals surface area (Å²) < 4.78 is 7.47. The van der Waals surface area contributed by atoms with Gasteiger partial charge in [0.1, 0.15) is 0 Å². The molecule has 0 atom stereocenters. The number of hydrogen-bond acceptors (Lipinski definition) is 7. The van der Waals surface area contributed by atoms with Crippen LogP contribution in [0.3, 0.4) is 0 Å². The number of rotatable bonds is 10. The fourth-order valence-electron chi connectivity index (χ4n) is 3.34. The highest BCUT2D eigenvalue weighted by atomic mass is 32.2. The number of carbonyl (C=O) groups is 1. The Kier molecular flexibility index (Phi) is 6.96. The molecule has 4 aromatic rings. The first-order chi connectivity index (χ1) is 15.6. The summed E-state index contributed by atoms with van der Waals surface area (Å²) >= 11 is 1.39. The molecule has 0 saturated carbocycles. The molecule has 0 aliphatic rings. The molecule has 0 saturated heterocycles. The Morgan fingerprint density at radius 1 is 1.00 bits per heavy atom. The molecule has 2 N–H and O–H groups in total. The van der Waals surface area contributed by atoms with E-state index in [0.717, 1.165) is 18.4 Å². The first-order valence-electron chi connectivity index (χ1n) is 10.4. The predicted molar refractivity (Wildman–Crippen MR) is 123 cm³/mol. The van der Waals surface area contributed by atoms with Crippen molar-refractivity contribution in [3.05, 3.63) is 70.8 Å². The second-order valence-corrected chi connectivity index (χ2v) is 8.24. The standard InChI is InChI=1S/C23H23N5O3S/c24-19(29)13-5-2-8-14-28-22(30)17-11-6-7-12-18(17)25-23(28)32-15-20-26-27-21(31-20)16-9-3-1-4-10-16/h1,3-4,6-7,9-12H,2,5,8,13-15H2,(H2,24,29). The Hall–Kier alpha value is -3.46. The molecule has 0 fully saturated rings. The van der Waals surface area contributed by atoms with Crippen LogP contribution >= 0.6 is 11.8 Å². The van der Waals surface area contributed by atoms with Gasteiger partial charge in [0.25, 0.3) is 5.56 Å². The van der Waals surface area contributed by atoms with E-state index in [1.807, 2.05) is 48.5 Å². The van der Waals surface area contributed by atoms with Crippen LogP contribution in [0.5, 0.6) is 0 Å². The molecule has 2 aromatic heterocycles. The summed E-state index contributed by atoms with van der Waals surface area (Å²) in [4.78, 5) is 28.7. The van der Waals surface area contributed by atoms with E-state index < -0.39 is 0 Å². The number of thioether (sulfide) groups is 1. The molecule has 9 heteroatoms. The van der Waals surface area contributed by atoms with Crippen molar-refractivity contribution < 1.29 is 9.21 Å². The van der Waals surface area contributed by atoms with E-state index in [0.29, 0.717) is 53.0 Å². The van der Waals surface area contributed by atoms with Crippen LogP contribution in [0.25, 0.3) is 22.4 Å². The van der Waals surface area contributed by atoms with Gasteiger partial charge in [0.15, 0.2) is 5.16 Å². The lowest BCUT2D eigenvalue weighted by Crippen LogP contribution is -2.23. The third-order valence-electron chi connectivity index (χ3n) is 4.94. The first-order valence-corrected chi connectivity index (χ1v) is 11.4. The van der Waals surface area contributed by atoms with E-state index in [9.17, 15) is 9.59 Å². The number of para-hydroxylation sites is 1. The highest BCUT2D eigenvalue weighted by Crippen LogP contribution is 2.24. The normalized spacial score (nSPS) is 11.1. The summed E-state index contributed by atoms with van der Waals surface area (Å²) in [6.45, 7) is 0.511. The maximum atomic E-state index is 13.1. The smallest absolute Gasteiger partial charge is 0.262 e. The lowest BCUT2D eigenvalue weighted by atomic mass is 10.2. The molecule has 2 aromatic carbocycles. The molecule has 2 heterocycles. The number of aromatic nitrogens is 4. The quantitative estimate of drug-likeness (QED) is 0.222. The lowest BCUT2D eigenvalue weighted by molar-refractivity contribution is -0.118. The van der Waals surface area contributed by atoms with Crippen molar-refractivity contribution >= 4 is 28.6 Å². The van der Waals surface area contributed by atoms with Gasteiger partial charge in [0, 0.05) is 18.5 Å². The van der Waals surface area contributed by atoms with Crippen molar-refractivity contribution in [1.29, 1.82) is 0 Å². The third-order valence-corrected chi connectivity index (χ3v) is 5.90. The van der Waals surface area contributed by atoms with Gasteiger partial charge in [-0.25, -0.2) is 4.98 Å². The Bertz CT molecular complexity index is 1270. The second kappa shape index (κ2) is 10.2. The van der Waals surface area contributed by atoms with Crippen LogP contribution in [0.1, 0.15) is 31.6 Å². The van der Waals surface area contributed by atoms with Crippen LogP contribution in [0.15, 0.2) is 69.0 Å². The van der Waals surface area contributed by atoms with Gasteiger partial charge in [-0.1, -0.05) is 48.5 Å². The van der Waals surface area contributed by atoms with E-state index in [1.54, 1.807) is 10.6 Å². The van der Waals surface area contributed by atoms with Gasteiger partial charge in [-0.05, 0) is 37.1 Å². The average Bonchev–Trinajstić information content (AvgIpc) is 3.28. The monoisotopic (exact) mass is 449 g/mol. The largest absolute Gasteiger partial charge is 0.420 e. The fourth-order valence-corrected chi connectivity index (χ4v) is 4.20. The topological polar surface area (TPSA) is 117 Å². The number of amides is 1. The highest BCUT2D eigenvalue weighted by molar-refractivity contribution is 7.98. The zero-order valence-electron chi connectivity index (χ0n) is 17.4. The van der Waals surface area contributed by atoms with Crippen LogP contribution in [0.4, 0.5) is 0 Å². The van der Waals surface area contributed by atoms with Gasteiger partial charge in [-0.3, -0.25) is 14.2 Å². The van der Waals surface area contributed by atoms with Crippen molar-refractivity contribution in [1.82, 2.24) is 19.7 Å². The molecule has 0 radical (unpaired) electrons. The molecule has 4 rings (SSSR count). The molecular formula is C23H23N5O3S. The fraction of sp³-hybridized carbons (Fsp3) is 0.261. The zero-order chi connectivity index (χ0) is 22.3. The Labute approximate surface area is 188 Å². The van der Waals surface area contributed by atoms with E-state index in [4.69, 9.17) is 15.1 Å². The molecule has 0 unspecified atom stereocenters. The van der Waals surface area contributed by atoms with Gasteiger partial charge >= 0.3 is 0 Å². The number of benzene rings is 2. The lowest BCUT2D eigenvalue weighted by Gasteiger charge is -2.12. The van der Waals surface area contributed by atoms with Crippen molar-refractivity contribution in [2.24, 2.45) is 5.73 Å². The molecule has 164 valence electrons. The number of unbranched alkanes of at least 4 members (excludes halogenated alkanes) is 2. The molecule has 1 amide bonds. The predicted octanol–water partition coefficient (Wildman–Crippen LogP) is 3.78. The third kappa shape index (κ3) is 5.23. The minimum absolute atomic E-state index is 0.0801. The number of fused-ring (bicyclic) bond motifs is 1. The van der Waals surface area contributed by atoms with Crippen LogP contribution in [0, 0.1) is 0 Å². The number of carbonyl (C=O) groups excluding carboxylic acids is 1. The first kappa shape index (κ1) is 21.8. The van der Waals surface area contributed by atoms with Crippen molar-refractivity contribution in [2.45, 2.75) is 43.1 Å². The number of nitrogens with two attached hydrogens (primary N) is 1. The molecule has 8 nitrogen and oxygen atoms in total. The summed E-state index contributed by atoms with van der Waals surface area (Å²) in [6.07, 6.45) is 2.61. The summed E-state index contributed by atoms with van der Waals surface area (Å²) in [5, 5.41) is 9.43. The second-order valence-electron chi connectivity index (χ2n) is 7.30. The summed E-state index contributed by atoms with van der Waals surface area (Å²) in [6, 6.07) is 16.9. The zero-order valence-corrected chi connectivity index (χ0v) is 18.3. The van der Waals surface area contributed by atoms with Gasteiger partial charge in [-0.15, -0.1) is 10.2 Å². The molecular weight excluding hydrogens is 426 g/mol. The Balaban J connectivity index is 1.52. The van der Waals surface area contributed by atoms with E-state index in [2.05, 4.69) is 10.2 Å². The van der Waals surface area contributed by atoms with Gasteiger partial charge in [0.05, 0.1) is 16.7 Å². The molecule has 0 spiro atoms. The van der Waals surface area contributed by atoms with Crippen LogP contribution in [-0.4, -0.2) is 25.7 Å². The van der Waals surface area contributed by atoms with Crippen LogP contribution < -0.4 is 11.3 Å². The average molecular weight is 450 g/mol. The summed E-state index contributed by atoms with van der Waals surface area (Å²) in [5.41, 5.74) is 6.63. The Morgan fingerprint density at radius 2 is 1.78 bits per heavy atom. The van der Waals surface area contributed by atoms with Crippen LogP contribution in [-0.2, 0) is 17.1 Å². The highest BCUT2D eigenvalue weighted by Gasteiger charge is 2.14. The summed E-state index contributed by atoms with van der Waals surface area (Å²) in [7, 11) is 0. The number of nitrogens with zero attached hydrogens (tertiary/aromatic N) is 4. The number of primary amides is 1. The van der Waals surface area contributed by atoms with Gasteiger partial charge < -0.3 is 10.2 Å². The van der Waals surface area contributed by atoms with Gasteiger partial charge in [0.2, 0.25) is 17.7 Å². The van der Waals surface area contributed by atoms with E-state index >= 15 is 0 Å². The van der Waals surface area contributed by atoms with Crippen molar-refractivity contribution in [3.8, 4) is 11.5 Å². The Morgan fingerprint density at radius 3 is 2.59 bits per heavy atom. The molecule has 32 heavy (non-hydrogen) atoms. The number of hydrogen-bond donors (Lipinski definition) is 1. The van der Waals surface area contributed by atoms with Crippen molar-refractivity contribution in [3.63, 3.8) is 0 Å². The van der Waals surface area contributed by atoms with Crippen LogP contribution in [0.2, 0.25) is 0 Å². The maximum absolute atomic E-state index is 13.1. The van der Waals surface area contributed by atoms with E-state index in [-0.39, 0.29) is 11.5 Å². The van der Waals surface area contributed by atoms with Crippen molar-refractivity contribution in [2.75, 3.05) is 0 Å². The van der Waals surface area contributed by atoms with Gasteiger partial charge in [-0.2, -0.15) is 0 Å². The van der Waals surface area contributed by atoms with E-state index in [1.165, 1.54) is 11.8 Å². The maximum Gasteiger partial charge on any atom is 0.262 e. The molecule has 0 aliphatic heterocycles. The molecule has 0 aliphatic carbocycles. The summed E-state index contributed by atoms with van der Waals surface area (Å²) in [5.74, 6) is 1.01.